The van der Waals surface area contributed by atoms with Gasteiger partial charge in [-0.05, 0) is 18.2 Å². The number of ether oxygens (including phenoxy) is 2. The molecule has 1 amide bonds. The van der Waals surface area contributed by atoms with Gasteiger partial charge in [0.05, 0.1) is 0 Å². The van der Waals surface area contributed by atoms with Gasteiger partial charge in [0.25, 0.3) is 5.91 Å². The average molecular weight is 344 g/mol. The lowest BCUT2D eigenvalue weighted by molar-refractivity contribution is -0.148. The van der Waals surface area contributed by atoms with E-state index in [1.165, 1.54) is 0 Å². The number of amides is 1. The van der Waals surface area contributed by atoms with E-state index in [1.807, 2.05) is 0 Å². The third-order valence-corrected chi connectivity index (χ3v) is 5.40. The molecule has 1 N–H and O–H groups in total. The lowest BCUT2D eigenvalue weighted by Crippen LogP contribution is -2.42. The molecule has 7 nitrogen and oxygen atoms in total. The molecule has 3 aliphatic rings. The lowest BCUT2D eigenvalue weighted by atomic mass is 9.81. The molecule has 3 heterocycles. The predicted molar refractivity (Wildman–Crippen MR) is 88.7 cm³/mol. The highest BCUT2D eigenvalue weighted by Crippen LogP contribution is 2.43. The van der Waals surface area contributed by atoms with Crippen molar-refractivity contribution in [2.75, 3.05) is 39.5 Å². The number of hydrogen-bond donors (Lipinski definition) is 1. The SMILES string of the molecule is C=CCN1C[C@H]2CN(C(=O)c3ccc4c(c3)OCO4)C[C@@]2(C(=O)O)C1. The van der Waals surface area contributed by atoms with Crippen molar-refractivity contribution in [3.8, 4) is 11.5 Å². The van der Waals surface area contributed by atoms with Gasteiger partial charge in [-0.2, -0.15) is 0 Å². The maximum Gasteiger partial charge on any atom is 0.313 e. The molecule has 0 radical (unpaired) electrons. The van der Waals surface area contributed by atoms with Gasteiger partial charge in [0.15, 0.2) is 11.5 Å². The Kier molecular flexibility index (Phi) is 3.68. The molecule has 7 heteroatoms. The second-order valence-corrected chi connectivity index (χ2v) is 6.89. The summed E-state index contributed by atoms with van der Waals surface area (Å²) in [7, 11) is 0. The topological polar surface area (TPSA) is 79.3 Å². The number of carboxylic acids is 1. The number of carbonyl (C=O) groups excluding carboxylic acids is 1. The fraction of sp³-hybridized carbons (Fsp3) is 0.444. The van der Waals surface area contributed by atoms with Crippen molar-refractivity contribution in [3.63, 3.8) is 0 Å². The first-order chi connectivity index (χ1) is 12.0. The average Bonchev–Trinajstić information content (AvgIpc) is 3.25. The molecule has 0 saturated carbocycles. The van der Waals surface area contributed by atoms with Gasteiger partial charge in [-0.25, -0.2) is 0 Å². The van der Waals surface area contributed by atoms with E-state index in [2.05, 4.69) is 11.5 Å². The number of nitrogens with zero attached hydrogens (tertiary/aromatic N) is 2. The van der Waals surface area contributed by atoms with Gasteiger partial charge in [0.2, 0.25) is 6.79 Å². The number of likely N-dealkylation sites (tertiary alicyclic amines) is 2. The fourth-order valence-corrected chi connectivity index (χ4v) is 4.16. The van der Waals surface area contributed by atoms with Crippen molar-refractivity contribution in [2.45, 2.75) is 0 Å². The molecule has 0 aromatic heterocycles. The van der Waals surface area contributed by atoms with Crippen LogP contribution < -0.4 is 9.47 Å². The van der Waals surface area contributed by atoms with Crippen LogP contribution in [-0.4, -0.2) is 66.3 Å². The maximum absolute atomic E-state index is 12.9. The summed E-state index contributed by atoms with van der Waals surface area (Å²) in [6.07, 6.45) is 1.78. The van der Waals surface area contributed by atoms with Crippen LogP contribution >= 0.6 is 0 Å². The Labute approximate surface area is 145 Å². The molecule has 0 spiro atoms. The molecular weight excluding hydrogens is 324 g/mol. The summed E-state index contributed by atoms with van der Waals surface area (Å²) in [5.41, 5.74) is -0.401. The van der Waals surface area contributed by atoms with Gasteiger partial charge >= 0.3 is 5.97 Å². The highest BCUT2D eigenvalue weighted by molar-refractivity contribution is 5.96. The normalized spacial score (nSPS) is 27.4. The van der Waals surface area contributed by atoms with Crippen LogP contribution in [0, 0.1) is 11.3 Å². The number of hydrogen-bond acceptors (Lipinski definition) is 5. The molecule has 2 fully saturated rings. The van der Waals surface area contributed by atoms with E-state index in [9.17, 15) is 14.7 Å². The Bertz CT molecular complexity index is 749. The molecule has 132 valence electrons. The Hall–Kier alpha value is -2.54. The van der Waals surface area contributed by atoms with Gasteiger partial charge in [-0.3, -0.25) is 14.5 Å². The minimum atomic E-state index is -0.894. The number of rotatable bonds is 4. The van der Waals surface area contributed by atoms with Crippen molar-refractivity contribution in [2.24, 2.45) is 11.3 Å². The quantitative estimate of drug-likeness (QED) is 0.823. The van der Waals surface area contributed by atoms with Gasteiger partial charge in [-0.1, -0.05) is 6.08 Å². The summed E-state index contributed by atoms with van der Waals surface area (Å²) in [4.78, 5) is 28.6. The van der Waals surface area contributed by atoms with Crippen LogP contribution in [0.4, 0.5) is 0 Å². The summed E-state index contributed by atoms with van der Waals surface area (Å²) in [6, 6.07) is 5.07. The first kappa shape index (κ1) is 16.0. The van der Waals surface area contributed by atoms with Crippen LogP contribution in [0.2, 0.25) is 0 Å². The summed E-state index contributed by atoms with van der Waals surface area (Å²) < 4.78 is 10.6. The fourth-order valence-electron chi connectivity index (χ4n) is 4.16. The van der Waals surface area contributed by atoms with Crippen LogP contribution in [-0.2, 0) is 4.79 Å². The molecule has 0 unspecified atom stereocenters. The van der Waals surface area contributed by atoms with E-state index in [1.54, 1.807) is 29.2 Å². The van der Waals surface area contributed by atoms with Crippen molar-refractivity contribution < 1.29 is 24.2 Å². The standard InChI is InChI=1S/C18H20N2O5/c1-2-5-19-7-13-8-20(10-18(13,9-19)17(22)23)16(21)12-3-4-14-15(6-12)25-11-24-14/h2-4,6,13H,1,5,7-11H2,(H,22,23)/t13-,18-/m0/s1. The van der Waals surface area contributed by atoms with Crippen molar-refractivity contribution >= 4 is 11.9 Å². The zero-order chi connectivity index (χ0) is 17.6. The first-order valence-corrected chi connectivity index (χ1v) is 8.29. The minimum absolute atomic E-state index is 0.0667. The number of fused-ring (bicyclic) bond motifs is 2. The molecule has 2 saturated heterocycles. The molecule has 0 aliphatic carbocycles. The van der Waals surface area contributed by atoms with Gasteiger partial charge in [-0.15, -0.1) is 6.58 Å². The second-order valence-electron chi connectivity index (χ2n) is 6.89. The molecule has 1 aromatic carbocycles. The van der Waals surface area contributed by atoms with Crippen LogP contribution in [0.3, 0.4) is 0 Å². The van der Waals surface area contributed by atoms with Crippen molar-refractivity contribution in [1.29, 1.82) is 0 Å². The van der Waals surface area contributed by atoms with Crippen LogP contribution in [0.1, 0.15) is 10.4 Å². The molecule has 4 rings (SSSR count). The lowest BCUT2D eigenvalue weighted by Gasteiger charge is -2.25. The highest BCUT2D eigenvalue weighted by atomic mass is 16.7. The largest absolute Gasteiger partial charge is 0.481 e. The summed E-state index contributed by atoms with van der Waals surface area (Å²) >= 11 is 0. The molecule has 25 heavy (non-hydrogen) atoms. The number of carboxylic acid groups (broad SMARTS) is 1. The van der Waals surface area contributed by atoms with Gasteiger partial charge in [0.1, 0.15) is 5.41 Å². The number of aliphatic carboxylic acids is 1. The third kappa shape index (κ3) is 2.46. The van der Waals surface area contributed by atoms with Crippen LogP contribution in [0.25, 0.3) is 0 Å². The molecule has 0 bridgehead atoms. The molecule has 1 aromatic rings. The van der Waals surface area contributed by atoms with E-state index in [-0.39, 0.29) is 25.2 Å². The van der Waals surface area contributed by atoms with Gasteiger partial charge < -0.3 is 19.5 Å². The Morgan fingerprint density at radius 3 is 2.80 bits per heavy atom. The van der Waals surface area contributed by atoms with Crippen molar-refractivity contribution in [1.82, 2.24) is 9.80 Å². The molecular formula is C18H20N2O5. The van der Waals surface area contributed by atoms with E-state index in [4.69, 9.17) is 9.47 Å². The summed E-state index contributed by atoms with van der Waals surface area (Å²) in [5, 5.41) is 9.83. The monoisotopic (exact) mass is 344 g/mol. The Morgan fingerprint density at radius 1 is 1.28 bits per heavy atom. The van der Waals surface area contributed by atoms with E-state index in [0.717, 1.165) is 0 Å². The smallest absolute Gasteiger partial charge is 0.313 e. The Balaban J connectivity index is 1.55. The second kappa shape index (κ2) is 5.77. The van der Waals surface area contributed by atoms with E-state index >= 15 is 0 Å². The van der Waals surface area contributed by atoms with Crippen LogP contribution in [0.15, 0.2) is 30.9 Å². The minimum Gasteiger partial charge on any atom is -0.481 e. The predicted octanol–water partition coefficient (Wildman–Crippen LogP) is 1.06. The van der Waals surface area contributed by atoms with Gasteiger partial charge in [0, 0.05) is 44.2 Å². The highest BCUT2D eigenvalue weighted by Gasteiger charge is 2.58. The number of carbonyl (C=O) groups is 2. The Morgan fingerprint density at radius 2 is 2.08 bits per heavy atom. The van der Waals surface area contributed by atoms with E-state index in [0.29, 0.717) is 43.2 Å². The first-order valence-electron chi connectivity index (χ1n) is 8.29. The number of benzene rings is 1. The zero-order valence-corrected chi connectivity index (χ0v) is 13.8. The van der Waals surface area contributed by atoms with Crippen LogP contribution in [0.5, 0.6) is 11.5 Å². The summed E-state index contributed by atoms with van der Waals surface area (Å²) in [6.45, 7) is 6.34. The maximum atomic E-state index is 12.9. The van der Waals surface area contributed by atoms with Crippen molar-refractivity contribution in [3.05, 3.63) is 36.4 Å². The van der Waals surface area contributed by atoms with E-state index < -0.39 is 11.4 Å². The third-order valence-electron chi connectivity index (χ3n) is 5.40. The molecule has 3 aliphatic heterocycles. The molecule has 2 atom stereocenters. The summed E-state index contributed by atoms with van der Waals surface area (Å²) in [5.74, 6) is 0.115. The zero-order valence-electron chi connectivity index (χ0n) is 13.8.